The quantitative estimate of drug-likeness (QED) is 0.191. The van der Waals surface area contributed by atoms with Crippen LogP contribution in [-0.2, 0) is 22.3 Å². The predicted octanol–water partition coefficient (Wildman–Crippen LogP) is 7.73. The van der Waals surface area contributed by atoms with Crippen molar-refractivity contribution >= 4 is 16.9 Å². The van der Waals surface area contributed by atoms with Gasteiger partial charge in [-0.15, -0.1) is 0 Å². The van der Waals surface area contributed by atoms with Crippen LogP contribution in [0.4, 0.5) is 17.6 Å². The van der Waals surface area contributed by atoms with Gasteiger partial charge in [-0.25, -0.2) is 4.39 Å². The van der Waals surface area contributed by atoms with Crippen molar-refractivity contribution in [3.8, 4) is 11.4 Å². The molecule has 4 aromatic rings. The minimum atomic E-state index is -4.71. The number of benzene rings is 3. The molecule has 0 bridgehead atoms. The highest BCUT2D eigenvalue weighted by Gasteiger charge is 2.52. The number of methoxy groups -OCH3 is 1. The topological polar surface area (TPSA) is 40.5 Å². The standard InChI is InChI=1S/C30H27F4NO3/c1-18-13-21(9-11-24(18)31)35-25-12-10-22(38-17-19-7-5-4-6-8-19)14-23(25)26(27(35)30(32,33)34)20-15-29(2,16-20)28(36)37-3/h4-14,20H,15-17H2,1-3H3. The van der Waals surface area contributed by atoms with Crippen molar-refractivity contribution in [1.29, 1.82) is 0 Å². The molecule has 0 spiro atoms. The van der Waals surface area contributed by atoms with Gasteiger partial charge >= 0.3 is 12.1 Å². The molecule has 1 aliphatic rings. The van der Waals surface area contributed by atoms with Gasteiger partial charge < -0.3 is 14.0 Å². The third-order valence-electron chi connectivity index (χ3n) is 7.37. The van der Waals surface area contributed by atoms with E-state index in [1.807, 2.05) is 30.3 Å². The van der Waals surface area contributed by atoms with Crippen molar-refractivity contribution in [1.82, 2.24) is 4.57 Å². The molecular weight excluding hydrogens is 498 g/mol. The lowest BCUT2D eigenvalue weighted by atomic mass is 9.60. The zero-order chi connectivity index (χ0) is 27.2. The third-order valence-corrected chi connectivity index (χ3v) is 7.37. The fourth-order valence-electron chi connectivity index (χ4n) is 5.50. The van der Waals surface area contributed by atoms with E-state index in [9.17, 15) is 22.4 Å². The van der Waals surface area contributed by atoms with Crippen LogP contribution in [0.1, 0.15) is 48.1 Å². The number of esters is 1. The number of alkyl halides is 3. The van der Waals surface area contributed by atoms with E-state index in [4.69, 9.17) is 9.47 Å². The molecule has 0 unspecified atom stereocenters. The van der Waals surface area contributed by atoms with Crippen LogP contribution >= 0.6 is 0 Å². The Kier molecular flexibility index (Phi) is 6.45. The molecule has 0 amide bonds. The van der Waals surface area contributed by atoms with Gasteiger partial charge in [0.15, 0.2) is 0 Å². The van der Waals surface area contributed by atoms with E-state index in [-0.39, 0.29) is 36.3 Å². The Balaban J connectivity index is 1.68. The first-order chi connectivity index (χ1) is 18.0. The first kappa shape index (κ1) is 25.8. The number of halogens is 4. The van der Waals surface area contributed by atoms with Crippen LogP contribution in [0, 0.1) is 18.2 Å². The van der Waals surface area contributed by atoms with Gasteiger partial charge in [0, 0.05) is 11.1 Å². The number of ether oxygens (including phenoxy) is 2. The second-order valence-electron chi connectivity index (χ2n) is 10.1. The summed E-state index contributed by atoms with van der Waals surface area (Å²) in [5, 5.41) is 0.391. The van der Waals surface area contributed by atoms with Gasteiger partial charge in [-0.1, -0.05) is 30.3 Å². The smallest absolute Gasteiger partial charge is 0.432 e. The minimum absolute atomic E-state index is 0.112. The van der Waals surface area contributed by atoms with Gasteiger partial charge in [0.05, 0.1) is 18.0 Å². The Morgan fingerprint density at radius 1 is 1.05 bits per heavy atom. The Hall–Kier alpha value is -3.81. The maximum atomic E-state index is 14.8. The number of hydrogen-bond donors (Lipinski definition) is 0. The molecule has 0 atom stereocenters. The molecule has 0 N–H and O–H groups in total. The molecule has 0 aliphatic heterocycles. The predicted molar refractivity (Wildman–Crippen MR) is 136 cm³/mol. The summed E-state index contributed by atoms with van der Waals surface area (Å²) in [5.74, 6) is -1.03. The molecule has 198 valence electrons. The molecule has 1 saturated carbocycles. The molecule has 5 rings (SSSR count). The summed E-state index contributed by atoms with van der Waals surface area (Å²) in [6.45, 7) is 3.48. The van der Waals surface area contributed by atoms with Gasteiger partial charge in [-0.3, -0.25) is 4.79 Å². The fraction of sp³-hybridized carbons (Fsp3) is 0.300. The summed E-state index contributed by atoms with van der Waals surface area (Å²) in [6, 6.07) is 18.3. The monoisotopic (exact) mass is 525 g/mol. The average molecular weight is 526 g/mol. The number of aromatic nitrogens is 1. The molecule has 4 nitrogen and oxygen atoms in total. The highest BCUT2D eigenvalue weighted by atomic mass is 19.4. The lowest BCUT2D eigenvalue weighted by molar-refractivity contribution is -0.158. The van der Waals surface area contributed by atoms with Crippen LogP contribution in [-0.4, -0.2) is 17.6 Å². The van der Waals surface area contributed by atoms with Crippen LogP contribution in [0.15, 0.2) is 66.7 Å². The summed E-state index contributed by atoms with van der Waals surface area (Å²) in [7, 11) is 1.28. The van der Waals surface area contributed by atoms with Crippen LogP contribution in [0.2, 0.25) is 0 Å². The van der Waals surface area contributed by atoms with Crippen molar-refractivity contribution in [2.24, 2.45) is 5.41 Å². The molecule has 1 heterocycles. The number of hydrogen-bond acceptors (Lipinski definition) is 3. The van der Waals surface area contributed by atoms with E-state index in [2.05, 4.69) is 0 Å². The van der Waals surface area contributed by atoms with Gasteiger partial charge in [0.1, 0.15) is 23.9 Å². The Morgan fingerprint density at radius 2 is 1.76 bits per heavy atom. The molecule has 0 saturated heterocycles. The Morgan fingerprint density at radius 3 is 2.39 bits per heavy atom. The summed E-state index contributed by atoms with van der Waals surface area (Å²) < 4.78 is 70.4. The van der Waals surface area contributed by atoms with Crippen LogP contribution < -0.4 is 4.74 Å². The number of nitrogens with zero attached hydrogens (tertiary/aromatic N) is 1. The second-order valence-corrected chi connectivity index (χ2v) is 10.1. The highest BCUT2D eigenvalue weighted by Crippen LogP contribution is 2.56. The minimum Gasteiger partial charge on any atom is -0.489 e. The van der Waals surface area contributed by atoms with E-state index in [1.165, 1.54) is 32.2 Å². The van der Waals surface area contributed by atoms with Gasteiger partial charge in [0.25, 0.3) is 0 Å². The fourth-order valence-corrected chi connectivity index (χ4v) is 5.50. The maximum Gasteiger partial charge on any atom is 0.432 e. The summed E-state index contributed by atoms with van der Waals surface area (Å²) in [6.07, 6.45) is -4.27. The first-order valence-corrected chi connectivity index (χ1v) is 12.3. The number of carbonyl (C=O) groups excluding carboxylic acids is 1. The highest BCUT2D eigenvalue weighted by molar-refractivity contribution is 5.90. The van der Waals surface area contributed by atoms with E-state index in [1.54, 1.807) is 25.1 Å². The third kappa shape index (κ3) is 4.52. The van der Waals surface area contributed by atoms with Gasteiger partial charge in [0.2, 0.25) is 0 Å². The summed E-state index contributed by atoms with van der Waals surface area (Å²) in [4.78, 5) is 12.3. The zero-order valence-corrected chi connectivity index (χ0v) is 21.2. The number of rotatable bonds is 6. The maximum absolute atomic E-state index is 14.8. The zero-order valence-electron chi connectivity index (χ0n) is 21.2. The van der Waals surface area contributed by atoms with Gasteiger partial charge in [-0.2, -0.15) is 13.2 Å². The van der Waals surface area contributed by atoms with Crippen molar-refractivity contribution < 1.29 is 31.8 Å². The largest absolute Gasteiger partial charge is 0.489 e. The molecule has 3 aromatic carbocycles. The van der Waals surface area contributed by atoms with Crippen molar-refractivity contribution in [3.63, 3.8) is 0 Å². The molecule has 1 aliphatic carbocycles. The number of fused-ring (bicyclic) bond motifs is 1. The molecule has 1 aromatic heterocycles. The number of aryl methyl sites for hydroxylation is 1. The van der Waals surface area contributed by atoms with E-state index in [0.717, 1.165) is 10.1 Å². The molecule has 38 heavy (non-hydrogen) atoms. The van der Waals surface area contributed by atoms with Crippen molar-refractivity contribution in [3.05, 3.63) is 94.9 Å². The van der Waals surface area contributed by atoms with Crippen LogP contribution in [0.25, 0.3) is 16.6 Å². The SMILES string of the molecule is COC(=O)C1(C)CC(c2c(C(F)(F)F)n(-c3ccc(F)c(C)c3)c3ccc(OCc4ccccc4)cc23)C1. The van der Waals surface area contributed by atoms with E-state index < -0.39 is 35.0 Å². The first-order valence-electron chi connectivity index (χ1n) is 12.3. The lowest BCUT2D eigenvalue weighted by Crippen LogP contribution is -2.41. The normalized spacial score (nSPS) is 19.3. The van der Waals surface area contributed by atoms with Crippen LogP contribution in [0.3, 0.4) is 0 Å². The summed E-state index contributed by atoms with van der Waals surface area (Å²) >= 11 is 0. The van der Waals surface area contributed by atoms with Crippen LogP contribution in [0.5, 0.6) is 5.75 Å². The average Bonchev–Trinajstić information content (AvgIpc) is 3.22. The molecule has 0 radical (unpaired) electrons. The Labute approximate surface area is 217 Å². The lowest BCUT2D eigenvalue weighted by Gasteiger charge is -2.43. The molecule has 1 fully saturated rings. The Bertz CT molecular complexity index is 1500. The van der Waals surface area contributed by atoms with E-state index in [0.29, 0.717) is 16.7 Å². The van der Waals surface area contributed by atoms with Gasteiger partial charge in [-0.05, 0) is 85.7 Å². The van der Waals surface area contributed by atoms with Crippen molar-refractivity contribution in [2.45, 2.75) is 45.4 Å². The number of carbonyl (C=O) groups is 1. The molecule has 8 heteroatoms. The summed E-state index contributed by atoms with van der Waals surface area (Å²) in [5.41, 5.74) is 0.138. The van der Waals surface area contributed by atoms with Crippen molar-refractivity contribution in [2.75, 3.05) is 7.11 Å². The molecular formula is C30H27F4NO3. The second kappa shape index (κ2) is 9.49. The van der Waals surface area contributed by atoms with E-state index >= 15 is 0 Å².